The van der Waals surface area contributed by atoms with Crippen molar-refractivity contribution in [3.63, 3.8) is 0 Å². The summed E-state index contributed by atoms with van der Waals surface area (Å²) in [5.41, 5.74) is 7.11. The third kappa shape index (κ3) is 2.49. The number of anilines is 1. The molecule has 0 fully saturated rings. The molecular formula is C16H10F3N5OS. The molecule has 132 valence electrons. The van der Waals surface area contributed by atoms with Crippen LogP contribution in [0, 0.1) is 6.92 Å². The monoisotopic (exact) mass is 377 g/mol. The number of nitrogens with two attached hydrogens (primary N) is 1. The van der Waals surface area contributed by atoms with Crippen molar-refractivity contribution in [1.82, 2.24) is 19.5 Å². The minimum Gasteiger partial charge on any atom is -0.383 e. The predicted molar refractivity (Wildman–Crippen MR) is 92.5 cm³/mol. The molecule has 1 aromatic carbocycles. The maximum Gasteiger partial charge on any atom is 0.451 e. The Labute approximate surface area is 147 Å². The fourth-order valence-corrected chi connectivity index (χ4v) is 3.64. The van der Waals surface area contributed by atoms with E-state index in [0.29, 0.717) is 5.69 Å². The highest BCUT2D eigenvalue weighted by molar-refractivity contribution is 7.25. The molecule has 0 bridgehead atoms. The van der Waals surface area contributed by atoms with Gasteiger partial charge < -0.3 is 5.73 Å². The number of aromatic nitrogens is 4. The molecule has 0 aliphatic rings. The van der Waals surface area contributed by atoms with Gasteiger partial charge in [-0.25, -0.2) is 15.0 Å². The molecule has 0 radical (unpaired) electrons. The Balaban J connectivity index is 2.01. The van der Waals surface area contributed by atoms with Crippen molar-refractivity contribution in [3.8, 4) is 5.69 Å². The van der Waals surface area contributed by atoms with Crippen molar-refractivity contribution in [2.45, 2.75) is 13.1 Å². The molecule has 26 heavy (non-hydrogen) atoms. The van der Waals surface area contributed by atoms with Gasteiger partial charge >= 0.3 is 6.18 Å². The van der Waals surface area contributed by atoms with Crippen LogP contribution in [0.2, 0.25) is 0 Å². The lowest BCUT2D eigenvalue weighted by atomic mass is 10.2. The van der Waals surface area contributed by atoms with Gasteiger partial charge in [-0.2, -0.15) is 13.2 Å². The lowest BCUT2D eigenvalue weighted by Crippen LogP contribution is -2.17. The molecule has 3 heterocycles. The van der Waals surface area contributed by atoms with Gasteiger partial charge in [-0.1, -0.05) is 17.7 Å². The van der Waals surface area contributed by atoms with Gasteiger partial charge in [0.25, 0.3) is 5.56 Å². The van der Waals surface area contributed by atoms with Gasteiger partial charge in [0.2, 0.25) is 5.82 Å². The summed E-state index contributed by atoms with van der Waals surface area (Å²) in [6.45, 7) is 1.92. The number of aryl methyl sites for hydroxylation is 1. The van der Waals surface area contributed by atoms with Crippen LogP contribution in [0.15, 0.2) is 35.4 Å². The number of hydrogen-bond acceptors (Lipinski definition) is 6. The van der Waals surface area contributed by atoms with Crippen LogP contribution >= 0.6 is 11.3 Å². The van der Waals surface area contributed by atoms with Crippen molar-refractivity contribution in [2.24, 2.45) is 0 Å². The number of fused-ring (bicyclic) bond motifs is 3. The van der Waals surface area contributed by atoms with Crippen LogP contribution < -0.4 is 11.3 Å². The Morgan fingerprint density at radius 1 is 1.15 bits per heavy atom. The number of alkyl halides is 3. The van der Waals surface area contributed by atoms with Gasteiger partial charge in [0, 0.05) is 0 Å². The molecule has 10 heteroatoms. The van der Waals surface area contributed by atoms with Gasteiger partial charge in [-0.05, 0) is 19.1 Å². The van der Waals surface area contributed by atoms with Gasteiger partial charge in [-0.15, -0.1) is 11.3 Å². The summed E-state index contributed by atoms with van der Waals surface area (Å²) in [6.07, 6.45) is -3.41. The van der Waals surface area contributed by atoms with Gasteiger partial charge in [0.05, 0.1) is 11.1 Å². The van der Waals surface area contributed by atoms with Crippen molar-refractivity contribution in [2.75, 3.05) is 5.73 Å². The summed E-state index contributed by atoms with van der Waals surface area (Å²) in [4.78, 5) is 23.8. The fraction of sp³-hybridized carbons (Fsp3) is 0.125. The Kier molecular flexibility index (Phi) is 3.48. The SMILES string of the molecule is Cc1ccc(-n2cnc3c(sc4nc(C(F)(F)F)nc(N)c43)c2=O)cc1. The molecule has 2 N–H and O–H groups in total. The van der Waals surface area contributed by atoms with Gasteiger partial charge in [0.15, 0.2) is 0 Å². The third-order valence-corrected chi connectivity index (χ3v) is 4.90. The summed E-state index contributed by atoms with van der Waals surface area (Å²) in [6, 6.07) is 7.20. The zero-order valence-corrected chi connectivity index (χ0v) is 14.0. The quantitative estimate of drug-likeness (QED) is 0.550. The first-order valence-electron chi connectivity index (χ1n) is 7.37. The number of halogens is 3. The van der Waals surface area contributed by atoms with Crippen LogP contribution in [-0.4, -0.2) is 19.5 Å². The summed E-state index contributed by atoms with van der Waals surface area (Å²) >= 11 is 0.818. The lowest BCUT2D eigenvalue weighted by Gasteiger charge is -2.06. The maximum atomic E-state index is 12.9. The van der Waals surface area contributed by atoms with E-state index in [1.807, 2.05) is 19.1 Å². The summed E-state index contributed by atoms with van der Waals surface area (Å²) in [7, 11) is 0. The number of benzene rings is 1. The van der Waals surface area contributed by atoms with Crippen molar-refractivity contribution >= 4 is 37.6 Å². The second-order valence-corrected chi connectivity index (χ2v) is 6.64. The van der Waals surface area contributed by atoms with E-state index < -0.39 is 17.6 Å². The first kappa shape index (κ1) is 16.5. The average molecular weight is 377 g/mol. The van der Waals surface area contributed by atoms with Crippen LogP contribution in [0.5, 0.6) is 0 Å². The lowest BCUT2D eigenvalue weighted by molar-refractivity contribution is -0.144. The average Bonchev–Trinajstić information content (AvgIpc) is 2.95. The van der Waals surface area contributed by atoms with E-state index in [9.17, 15) is 18.0 Å². The van der Waals surface area contributed by atoms with Crippen molar-refractivity contribution in [1.29, 1.82) is 0 Å². The fourth-order valence-electron chi connectivity index (χ4n) is 2.57. The third-order valence-electron chi connectivity index (χ3n) is 3.84. The van der Waals surface area contributed by atoms with Crippen LogP contribution in [0.3, 0.4) is 0 Å². The molecule has 3 aromatic heterocycles. The normalized spacial score (nSPS) is 12.2. The summed E-state index contributed by atoms with van der Waals surface area (Å²) in [5, 5.41) is 0.158. The Bertz CT molecular complexity index is 1210. The van der Waals surface area contributed by atoms with Crippen molar-refractivity contribution in [3.05, 3.63) is 52.3 Å². The summed E-state index contributed by atoms with van der Waals surface area (Å²) < 4.78 is 40.2. The largest absolute Gasteiger partial charge is 0.451 e. The zero-order chi connectivity index (χ0) is 18.6. The molecule has 0 unspecified atom stereocenters. The first-order valence-corrected chi connectivity index (χ1v) is 8.19. The number of rotatable bonds is 1. The molecule has 0 atom stereocenters. The van der Waals surface area contributed by atoms with E-state index >= 15 is 0 Å². The number of thiophene rings is 1. The molecule has 0 aliphatic carbocycles. The highest BCUT2D eigenvalue weighted by atomic mass is 32.1. The molecule has 0 aliphatic heterocycles. The molecule has 4 aromatic rings. The number of nitrogen functional groups attached to an aromatic ring is 1. The topological polar surface area (TPSA) is 86.7 Å². The second kappa shape index (κ2) is 5.49. The van der Waals surface area contributed by atoms with Crippen LogP contribution in [-0.2, 0) is 6.18 Å². The minimum atomic E-state index is -4.73. The molecule has 0 saturated carbocycles. The highest BCUT2D eigenvalue weighted by Crippen LogP contribution is 2.35. The summed E-state index contributed by atoms with van der Waals surface area (Å²) in [5.74, 6) is -1.69. The molecule has 6 nitrogen and oxygen atoms in total. The van der Waals surface area contributed by atoms with E-state index in [0.717, 1.165) is 16.9 Å². The highest BCUT2D eigenvalue weighted by Gasteiger charge is 2.36. The Morgan fingerprint density at radius 3 is 2.50 bits per heavy atom. The van der Waals surface area contributed by atoms with Crippen LogP contribution in [0.25, 0.3) is 26.1 Å². The maximum absolute atomic E-state index is 12.9. The van der Waals surface area contributed by atoms with Crippen molar-refractivity contribution < 1.29 is 13.2 Å². The molecule has 0 spiro atoms. The number of nitrogens with zero attached hydrogens (tertiary/aromatic N) is 4. The first-order chi connectivity index (χ1) is 12.3. The van der Waals surface area contributed by atoms with Gasteiger partial charge in [-0.3, -0.25) is 9.36 Å². The second-order valence-electron chi connectivity index (χ2n) is 5.65. The predicted octanol–water partition coefficient (Wildman–Crippen LogP) is 3.30. The van der Waals surface area contributed by atoms with E-state index in [-0.39, 0.29) is 26.3 Å². The van der Waals surface area contributed by atoms with E-state index in [2.05, 4.69) is 15.0 Å². The molecular weight excluding hydrogens is 367 g/mol. The Hall–Kier alpha value is -3.01. The smallest absolute Gasteiger partial charge is 0.383 e. The van der Waals surface area contributed by atoms with E-state index in [1.54, 1.807) is 12.1 Å². The standard InChI is InChI=1S/C16H10F3N5OS/c1-7-2-4-8(5-3-7)24-6-21-10-9-12(20)22-15(16(17,18)19)23-13(9)26-11(10)14(24)25/h2-6H,1H3,(H2,20,22,23). The van der Waals surface area contributed by atoms with E-state index in [4.69, 9.17) is 5.73 Å². The Morgan fingerprint density at radius 2 is 1.85 bits per heavy atom. The van der Waals surface area contributed by atoms with Gasteiger partial charge in [0.1, 0.15) is 27.2 Å². The molecule has 4 rings (SSSR count). The van der Waals surface area contributed by atoms with Crippen LogP contribution in [0.1, 0.15) is 11.4 Å². The number of hydrogen-bond donors (Lipinski definition) is 1. The van der Waals surface area contributed by atoms with E-state index in [1.165, 1.54) is 10.9 Å². The minimum absolute atomic E-state index is 0.0221. The molecule has 0 saturated heterocycles. The molecule has 0 amide bonds. The van der Waals surface area contributed by atoms with Crippen LogP contribution in [0.4, 0.5) is 19.0 Å². The zero-order valence-electron chi connectivity index (χ0n) is 13.2.